The minimum atomic E-state index is -1.07. The molecule has 0 saturated heterocycles. The first-order chi connectivity index (χ1) is 7.75. The van der Waals surface area contributed by atoms with Gasteiger partial charge in [-0.05, 0) is 17.7 Å². The van der Waals surface area contributed by atoms with E-state index in [9.17, 15) is 4.79 Å². The first-order valence-electron chi connectivity index (χ1n) is 4.71. The van der Waals surface area contributed by atoms with Gasteiger partial charge < -0.3 is 14.8 Å². The number of hydrogen-bond donors (Lipinski definition) is 2. The van der Waals surface area contributed by atoms with Crippen LogP contribution < -0.4 is 5.32 Å². The molecule has 0 spiro atoms. The molecule has 0 atom stereocenters. The van der Waals surface area contributed by atoms with Crippen LogP contribution in [0.1, 0.15) is 16.1 Å². The molecular weight excluding hydrogens is 208 g/mol. The number of nitrogens with zero attached hydrogens (tertiary/aromatic N) is 1. The second-order valence-corrected chi connectivity index (χ2v) is 3.18. The van der Waals surface area contributed by atoms with Crippen LogP contribution in [0.2, 0.25) is 0 Å². The lowest BCUT2D eigenvalue weighted by atomic mass is 10.3. The van der Waals surface area contributed by atoms with E-state index in [4.69, 9.17) is 9.52 Å². The molecule has 5 nitrogen and oxygen atoms in total. The van der Waals surface area contributed by atoms with Gasteiger partial charge in [-0.15, -0.1) is 0 Å². The highest BCUT2D eigenvalue weighted by molar-refractivity contribution is 5.84. The fourth-order valence-corrected chi connectivity index (χ4v) is 1.24. The highest BCUT2D eigenvalue weighted by atomic mass is 16.4. The summed E-state index contributed by atoms with van der Waals surface area (Å²) in [5.41, 5.74) is 0.996. The number of pyridine rings is 1. The summed E-state index contributed by atoms with van der Waals surface area (Å²) >= 11 is 0. The second kappa shape index (κ2) is 4.48. The molecule has 2 N–H and O–H groups in total. The topological polar surface area (TPSA) is 75.4 Å². The average Bonchev–Trinajstić information content (AvgIpc) is 2.76. The van der Waals surface area contributed by atoms with Crippen LogP contribution in [0.15, 0.2) is 41.1 Å². The lowest BCUT2D eigenvalue weighted by Crippen LogP contribution is -1.98. The molecule has 0 unspecified atom stereocenters. The molecule has 82 valence electrons. The maximum Gasteiger partial charge on any atom is 0.371 e. The predicted molar refractivity (Wildman–Crippen MR) is 57.2 cm³/mol. The van der Waals surface area contributed by atoms with Crippen molar-refractivity contribution < 1.29 is 14.3 Å². The number of nitrogens with one attached hydrogen (secondary N) is 1. The number of carboxylic acids is 1. The van der Waals surface area contributed by atoms with Gasteiger partial charge in [-0.25, -0.2) is 4.79 Å². The van der Waals surface area contributed by atoms with Gasteiger partial charge in [0, 0.05) is 25.0 Å². The average molecular weight is 218 g/mol. The van der Waals surface area contributed by atoms with Crippen LogP contribution in [0.4, 0.5) is 5.88 Å². The van der Waals surface area contributed by atoms with E-state index in [1.165, 1.54) is 6.07 Å². The summed E-state index contributed by atoms with van der Waals surface area (Å²) in [5, 5.41) is 11.6. The molecule has 0 saturated carbocycles. The lowest BCUT2D eigenvalue weighted by Gasteiger charge is -2.01. The fourth-order valence-electron chi connectivity index (χ4n) is 1.24. The quantitative estimate of drug-likeness (QED) is 0.820. The van der Waals surface area contributed by atoms with E-state index in [2.05, 4.69) is 10.3 Å². The van der Waals surface area contributed by atoms with Crippen molar-refractivity contribution in [3.63, 3.8) is 0 Å². The Balaban J connectivity index is 1.97. The van der Waals surface area contributed by atoms with Crippen molar-refractivity contribution in [2.45, 2.75) is 6.54 Å². The van der Waals surface area contributed by atoms with Crippen molar-refractivity contribution in [2.24, 2.45) is 0 Å². The highest BCUT2D eigenvalue weighted by Crippen LogP contribution is 2.14. The molecule has 0 amide bonds. The zero-order chi connectivity index (χ0) is 11.4. The molecule has 5 heteroatoms. The van der Waals surface area contributed by atoms with Crippen LogP contribution in [-0.2, 0) is 6.54 Å². The van der Waals surface area contributed by atoms with Gasteiger partial charge in [-0.3, -0.25) is 4.98 Å². The Bertz CT molecular complexity index is 479. The number of rotatable bonds is 4. The van der Waals surface area contributed by atoms with E-state index in [0.29, 0.717) is 12.4 Å². The maximum absolute atomic E-state index is 10.6. The van der Waals surface area contributed by atoms with Crippen molar-refractivity contribution in [1.82, 2.24) is 4.98 Å². The van der Waals surface area contributed by atoms with Gasteiger partial charge in [-0.2, -0.15) is 0 Å². The molecule has 2 heterocycles. The minimum Gasteiger partial charge on any atom is -0.475 e. The van der Waals surface area contributed by atoms with Crippen molar-refractivity contribution in [3.05, 3.63) is 48.0 Å². The van der Waals surface area contributed by atoms with Gasteiger partial charge in [0.25, 0.3) is 0 Å². The number of aromatic carboxylic acids is 1. The zero-order valence-electron chi connectivity index (χ0n) is 8.38. The third-order valence-corrected chi connectivity index (χ3v) is 2.01. The summed E-state index contributed by atoms with van der Waals surface area (Å²) in [4.78, 5) is 14.5. The first-order valence-corrected chi connectivity index (χ1v) is 4.71. The summed E-state index contributed by atoms with van der Waals surface area (Å²) in [6.07, 6.45) is 3.42. The first kappa shape index (κ1) is 10.2. The summed E-state index contributed by atoms with van der Waals surface area (Å²) in [5.74, 6) is -0.718. The van der Waals surface area contributed by atoms with Crippen LogP contribution >= 0.6 is 0 Å². The number of hydrogen-bond acceptors (Lipinski definition) is 4. The van der Waals surface area contributed by atoms with E-state index in [0.717, 1.165) is 5.56 Å². The summed E-state index contributed by atoms with van der Waals surface area (Å²) in [7, 11) is 0. The number of aromatic nitrogens is 1. The van der Waals surface area contributed by atoms with Crippen LogP contribution in [0.5, 0.6) is 0 Å². The van der Waals surface area contributed by atoms with Crippen LogP contribution in [0.3, 0.4) is 0 Å². The fraction of sp³-hybridized carbons (Fsp3) is 0.0909. The van der Waals surface area contributed by atoms with Crippen LogP contribution in [0, 0.1) is 0 Å². The molecule has 0 aromatic carbocycles. The van der Waals surface area contributed by atoms with Crippen molar-refractivity contribution in [3.8, 4) is 0 Å². The van der Waals surface area contributed by atoms with Crippen molar-refractivity contribution in [2.75, 3.05) is 5.32 Å². The largest absolute Gasteiger partial charge is 0.475 e. The standard InChI is InChI=1S/C11H10N2O3/c14-11(15)9-3-4-10(16-9)13-7-8-2-1-5-12-6-8/h1-6,13H,7H2,(H,14,15). The summed E-state index contributed by atoms with van der Waals surface area (Å²) < 4.78 is 5.04. The van der Waals surface area contributed by atoms with Crippen LogP contribution in [-0.4, -0.2) is 16.1 Å². The maximum atomic E-state index is 10.6. The molecule has 0 fully saturated rings. The predicted octanol–water partition coefficient (Wildman–Crippen LogP) is 1.98. The molecule has 2 aromatic heterocycles. The molecule has 0 aliphatic rings. The van der Waals surface area contributed by atoms with Gasteiger partial charge in [-0.1, -0.05) is 6.07 Å². The molecule has 0 aliphatic carbocycles. The Morgan fingerprint density at radius 3 is 2.94 bits per heavy atom. The van der Waals surface area contributed by atoms with Gasteiger partial charge in [0.15, 0.2) is 5.88 Å². The molecule has 0 aliphatic heterocycles. The smallest absolute Gasteiger partial charge is 0.371 e. The normalized spacial score (nSPS) is 10.0. The van der Waals surface area contributed by atoms with Crippen molar-refractivity contribution in [1.29, 1.82) is 0 Å². The number of carbonyl (C=O) groups is 1. The van der Waals surface area contributed by atoms with Crippen LogP contribution in [0.25, 0.3) is 0 Å². The summed E-state index contributed by atoms with van der Waals surface area (Å²) in [6, 6.07) is 6.75. The van der Waals surface area contributed by atoms with Gasteiger partial charge in [0.1, 0.15) is 0 Å². The Morgan fingerprint density at radius 2 is 2.31 bits per heavy atom. The lowest BCUT2D eigenvalue weighted by molar-refractivity contribution is 0.0663. The van der Waals surface area contributed by atoms with E-state index in [1.54, 1.807) is 18.5 Å². The van der Waals surface area contributed by atoms with Gasteiger partial charge in [0.2, 0.25) is 5.76 Å². The number of anilines is 1. The van der Waals surface area contributed by atoms with E-state index < -0.39 is 5.97 Å². The van der Waals surface area contributed by atoms with E-state index >= 15 is 0 Å². The van der Waals surface area contributed by atoms with E-state index in [-0.39, 0.29) is 5.76 Å². The number of furan rings is 1. The Morgan fingerprint density at radius 1 is 1.44 bits per heavy atom. The van der Waals surface area contributed by atoms with Gasteiger partial charge in [0.05, 0.1) is 0 Å². The monoisotopic (exact) mass is 218 g/mol. The molecular formula is C11H10N2O3. The molecule has 2 aromatic rings. The second-order valence-electron chi connectivity index (χ2n) is 3.18. The molecule has 0 radical (unpaired) electrons. The zero-order valence-corrected chi connectivity index (χ0v) is 8.38. The third kappa shape index (κ3) is 2.38. The Kier molecular flexibility index (Phi) is 2.86. The molecule has 0 bridgehead atoms. The minimum absolute atomic E-state index is 0.0753. The SMILES string of the molecule is O=C(O)c1ccc(NCc2cccnc2)o1. The third-order valence-electron chi connectivity index (χ3n) is 2.01. The Hall–Kier alpha value is -2.30. The van der Waals surface area contributed by atoms with Gasteiger partial charge >= 0.3 is 5.97 Å². The molecule has 16 heavy (non-hydrogen) atoms. The highest BCUT2D eigenvalue weighted by Gasteiger charge is 2.08. The van der Waals surface area contributed by atoms with Crippen molar-refractivity contribution >= 4 is 11.9 Å². The Labute approximate surface area is 91.7 Å². The number of carboxylic acid groups (broad SMARTS) is 1. The summed E-state index contributed by atoms with van der Waals surface area (Å²) in [6.45, 7) is 0.542. The van der Waals surface area contributed by atoms with E-state index in [1.807, 2.05) is 12.1 Å². The molecule has 2 rings (SSSR count).